The van der Waals surface area contributed by atoms with Gasteiger partial charge in [-0.2, -0.15) is 0 Å². The van der Waals surface area contributed by atoms with Gasteiger partial charge in [-0.15, -0.1) is 0 Å². The van der Waals surface area contributed by atoms with Crippen molar-refractivity contribution < 1.29 is 9.90 Å². The SMILES string of the molecule is O=C(Cl)c1ccccc1CC1(O)CCCCC1. The van der Waals surface area contributed by atoms with Gasteiger partial charge in [0.05, 0.1) is 5.60 Å². The van der Waals surface area contributed by atoms with E-state index < -0.39 is 10.8 Å². The Morgan fingerprint density at radius 2 is 1.88 bits per heavy atom. The van der Waals surface area contributed by atoms with Gasteiger partial charge in [0.15, 0.2) is 0 Å². The summed E-state index contributed by atoms with van der Waals surface area (Å²) in [6, 6.07) is 7.27. The van der Waals surface area contributed by atoms with Gasteiger partial charge >= 0.3 is 0 Å². The molecule has 0 amide bonds. The lowest BCUT2D eigenvalue weighted by Gasteiger charge is -2.32. The van der Waals surface area contributed by atoms with Crippen molar-refractivity contribution in [2.45, 2.75) is 44.1 Å². The van der Waals surface area contributed by atoms with Gasteiger partial charge in [0.1, 0.15) is 0 Å². The lowest BCUT2D eigenvalue weighted by Crippen LogP contribution is -2.34. The molecule has 3 heteroatoms. The molecule has 1 N–H and O–H groups in total. The fraction of sp³-hybridized carbons (Fsp3) is 0.500. The van der Waals surface area contributed by atoms with Crippen LogP contribution in [0.3, 0.4) is 0 Å². The number of carbonyl (C=O) groups excluding carboxylic acids is 1. The molecule has 1 aromatic rings. The van der Waals surface area contributed by atoms with E-state index in [1.807, 2.05) is 12.1 Å². The molecule has 0 aromatic heterocycles. The summed E-state index contributed by atoms with van der Waals surface area (Å²) in [6.07, 6.45) is 5.48. The van der Waals surface area contributed by atoms with E-state index in [4.69, 9.17) is 11.6 Å². The Morgan fingerprint density at radius 1 is 1.24 bits per heavy atom. The summed E-state index contributed by atoms with van der Waals surface area (Å²) in [4.78, 5) is 11.3. The molecule has 0 bridgehead atoms. The Hall–Kier alpha value is -0.860. The van der Waals surface area contributed by atoms with Crippen molar-refractivity contribution in [2.75, 3.05) is 0 Å². The third-order valence-electron chi connectivity index (χ3n) is 3.53. The van der Waals surface area contributed by atoms with Crippen LogP contribution in [0.25, 0.3) is 0 Å². The normalized spacial score (nSPS) is 18.9. The Labute approximate surface area is 107 Å². The third kappa shape index (κ3) is 3.08. The molecule has 0 heterocycles. The van der Waals surface area contributed by atoms with Crippen molar-refractivity contribution in [3.8, 4) is 0 Å². The lowest BCUT2D eigenvalue weighted by molar-refractivity contribution is 0.00441. The third-order valence-corrected chi connectivity index (χ3v) is 3.74. The molecule has 2 rings (SSSR count). The summed E-state index contributed by atoms with van der Waals surface area (Å²) in [5.41, 5.74) is 0.728. The van der Waals surface area contributed by atoms with Crippen LogP contribution in [0.4, 0.5) is 0 Å². The highest BCUT2D eigenvalue weighted by Gasteiger charge is 2.30. The summed E-state index contributed by atoms with van der Waals surface area (Å²) in [5.74, 6) is 0. The van der Waals surface area contributed by atoms with Gasteiger partial charge in [0.2, 0.25) is 0 Å². The maximum Gasteiger partial charge on any atom is 0.252 e. The second kappa shape index (κ2) is 5.19. The monoisotopic (exact) mass is 252 g/mol. The minimum Gasteiger partial charge on any atom is -0.390 e. The van der Waals surface area contributed by atoms with E-state index in [9.17, 15) is 9.90 Å². The quantitative estimate of drug-likeness (QED) is 0.838. The van der Waals surface area contributed by atoms with Crippen molar-refractivity contribution >= 4 is 16.8 Å². The van der Waals surface area contributed by atoms with Crippen molar-refractivity contribution in [1.82, 2.24) is 0 Å². The van der Waals surface area contributed by atoms with E-state index >= 15 is 0 Å². The molecule has 1 fully saturated rings. The highest BCUT2D eigenvalue weighted by atomic mass is 35.5. The predicted octanol–water partition coefficient (Wildman–Crippen LogP) is 3.30. The molecule has 2 nitrogen and oxygen atoms in total. The molecule has 1 aliphatic carbocycles. The second-order valence-corrected chi connectivity index (χ2v) is 5.24. The number of carbonyl (C=O) groups is 1. The fourth-order valence-corrected chi connectivity index (χ4v) is 2.79. The summed E-state index contributed by atoms with van der Waals surface area (Å²) >= 11 is 5.55. The first-order valence-corrected chi connectivity index (χ1v) is 6.49. The highest BCUT2D eigenvalue weighted by molar-refractivity contribution is 6.67. The molecule has 0 atom stereocenters. The summed E-state index contributed by atoms with van der Waals surface area (Å²) in [5, 5.41) is 10.0. The van der Waals surface area contributed by atoms with Crippen LogP contribution in [-0.4, -0.2) is 16.0 Å². The molecular formula is C14H17ClO2. The maximum atomic E-state index is 11.3. The number of halogens is 1. The minimum absolute atomic E-state index is 0.444. The van der Waals surface area contributed by atoms with Gasteiger partial charge in [-0.3, -0.25) is 4.79 Å². The average molecular weight is 253 g/mol. The Balaban J connectivity index is 2.20. The standard InChI is InChI=1S/C14H17ClO2/c15-13(16)12-7-3-2-6-11(12)10-14(17)8-4-1-5-9-14/h2-3,6-7,17H,1,4-5,8-10H2. The first kappa shape index (κ1) is 12.6. The Kier molecular flexibility index (Phi) is 3.85. The molecular weight excluding hydrogens is 236 g/mol. The maximum absolute atomic E-state index is 11.3. The van der Waals surface area contributed by atoms with E-state index in [0.29, 0.717) is 12.0 Å². The smallest absolute Gasteiger partial charge is 0.252 e. The van der Waals surface area contributed by atoms with E-state index in [2.05, 4.69) is 0 Å². The average Bonchev–Trinajstić information content (AvgIpc) is 2.29. The van der Waals surface area contributed by atoms with Crippen LogP contribution >= 0.6 is 11.6 Å². The van der Waals surface area contributed by atoms with E-state index in [0.717, 1.165) is 31.2 Å². The van der Waals surface area contributed by atoms with E-state index in [-0.39, 0.29) is 0 Å². The number of benzene rings is 1. The second-order valence-electron chi connectivity index (χ2n) is 4.89. The molecule has 0 radical (unpaired) electrons. The highest BCUT2D eigenvalue weighted by Crippen LogP contribution is 2.32. The van der Waals surface area contributed by atoms with Crippen molar-refractivity contribution in [3.05, 3.63) is 35.4 Å². The fourth-order valence-electron chi connectivity index (χ4n) is 2.61. The molecule has 1 saturated carbocycles. The predicted molar refractivity (Wildman–Crippen MR) is 68.4 cm³/mol. The van der Waals surface area contributed by atoms with Crippen LogP contribution in [0.2, 0.25) is 0 Å². The summed E-state index contributed by atoms with van der Waals surface area (Å²) in [6.45, 7) is 0. The van der Waals surface area contributed by atoms with Gasteiger partial charge < -0.3 is 5.11 Å². The molecule has 0 spiro atoms. The van der Waals surface area contributed by atoms with Crippen LogP contribution in [-0.2, 0) is 6.42 Å². The van der Waals surface area contributed by atoms with Crippen LogP contribution in [0.15, 0.2) is 24.3 Å². The summed E-state index contributed by atoms with van der Waals surface area (Å²) in [7, 11) is 0. The minimum atomic E-state index is -0.652. The van der Waals surface area contributed by atoms with Crippen molar-refractivity contribution in [2.24, 2.45) is 0 Å². The van der Waals surface area contributed by atoms with Gasteiger partial charge in [0.25, 0.3) is 5.24 Å². The topological polar surface area (TPSA) is 37.3 Å². The molecule has 17 heavy (non-hydrogen) atoms. The zero-order valence-electron chi connectivity index (χ0n) is 9.79. The number of rotatable bonds is 3. The van der Waals surface area contributed by atoms with E-state index in [1.54, 1.807) is 12.1 Å². The van der Waals surface area contributed by atoms with Gasteiger partial charge in [-0.05, 0) is 36.1 Å². The Morgan fingerprint density at radius 3 is 2.53 bits per heavy atom. The van der Waals surface area contributed by atoms with Gasteiger partial charge in [-0.25, -0.2) is 0 Å². The largest absolute Gasteiger partial charge is 0.390 e. The van der Waals surface area contributed by atoms with Crippen molar-refractivity contribution in [3.63, 3.8) is 0 Å². The number of hydrogen-bond acceptors (Lipinski definition) is 2. The molecule has 0 saturated heterocycles. The summed E-state index contributed by atoms with van der Waals surface area (Å²) < 4.78 is 0. The first-order chi connectivity index (χ1) is 8.11. The van der Waals surface area contributed by atoms with Crippen LogP contribution in [0, 0.1) is 0 Å². The lowest BCUT2D eigenvalue weighted by atomic mass is 9.80. The first-order valence-electron chi connectivity index (χ1n) is 6.11. The zero-order chi connectivity index (χ0) is 12.3. The van der Waals surface area contributed by atoms with Crippen LogP contribution < -0.4 is 0 Å². The van der Waals surface area contributed by atoms with Gasteiger partial charge in [0, 0.05) is 12.0 Å². The molecule has 92 valence electrons. The van der Waals surface area contributed by atoms with Crippen LogP contribution in [0.1, 0.15) is 48.0 Å². The number of aliphatic hydroxyl groups is 1. The molecule has 0 aliphatic heterocycles. The molecule has 1 aromatic carbocycles. The van der Waals surface area contributed by atoms with Crippen LogP contribution in [0.5, 0.6) is 0 Å². The molecule has 0 unspecified atom stereocenters. The number of hydrogen-bond donors (Lipinski definition) is 1. The molecule has 1 aliphatic rings. The van der Waals surface area contributed by atoms with Gasteiger partial charge in [-0.1, -0.05) is 37.5 Å². The zero-order valence-corrected chi connectivity index (χ0v) is 10.5. The van der Waals surface area contributed by atoms with Crippen molar-refractivity contribution in [1.29, 1.82) is 0 Å². The van der Waals surface area contributed by atoms with E-state index in [1.165, 1.54) is 6.42 Å². The Bertz CT molecular complexity index is 408.